The maximum absolute atomic E-state index is 13.6. The minimum Gasteiger partial charge on any atom is -0.467 e. The molecule has 0 bridgehead atoms. The highest BCUT2D eigenvalue weighted by Crippen LogP contribution is 2.31. The molecule has 39 heavy (non-hydrogen) atoms. The van der Waals surface area contributed by atoms with Crippen molar-refractivity contribution in [2.45, 2.75) is 32.9 Å². The molecule has 10 heteroatoms. The van der Waals surface area contributed by atoms with Crippen LogP contribution < -0.4 is 10.5 Å². The van der Waals surface area contributed by atoms with Crippen LogP contribution in [-0.2, 0) is 13.0 Å². The molecule has 1 saturated heterocycles. The summed E-state index contributed by atoms with van der Waals surface area (Å²) in [7, 11) is 0. The number of pyridine rings is 1. The van der Waals surface area contributed by atoms with Crippen LogP contribution in [0.1, 0.15) is 41.2 Å². The van der Waals surface area contributed by atoms with Gasteiger partial charge in [0.1, 0.15) is 18.3 Å². The van der Waals surface area contributed by atoms with Crippen LogP contribution in [0.3, 0.4) is 0 Å². The largest absolute Gasteiger partial charge is 0.467 e. The van der Waals surface area contributed by atoms with E-state index in [2.05, 4.69) is 62.4 Å². The molecule has 1 aliphatic rings. The van der Waals surface area contributed by atoms with Gasteiger partial charge in [-0.3, -0.25) is 9.69 Å². The number of aromatic nitrogens is 5. The summed E-state index contributed by atoms with van der Waals surface area (Å²) in [6.45, 7) is 7.60. The minimum absolute atomic E-state index is 0.141. The van der Waals surface area contributed by atoms with Crippen molar-refractivity contribution in [2.24, 2.45) is 0 Å². The lowest BCUT2D eigenvalue weighted by molar-refractivity contribution is 0.200. The highest BCUT2D eigenvalue weighted by molar-refractivity contribution is 6.30. The number of hydrogen-bond acceptors (Lipinski definition) is 7. The number of tetrazole rings is 1. The van der Waals surface area contributed by atoms with Crippen LogP contribution in [0.25, 0.3) is 10.9 Å². The normalized spacial score (nSPS) is 15.2. The van der Waals surface area contributed by atoms with Crippen LogP contribution in [0.4, 0.5) is 5.69 Å². The van der Waals surface area contributed by atoms with Crippen LogP contribution in [0, 0.1) is 6.92 Å². The van der Waals surface area contributed by atoms with E-state index in [1.54, 1.807) is 10.9 Å². The molecule has 0 amide bonds. The molecule has 0 spiro atoms. The lowest BCUT2D eigenvalue weighted by atomic mass is 10.0. The molecule has 200 valence electrons. The van der Waals surface area contributed by atoms with E-state index in [-0.39, 0.29) is 5.56 Å². The number of aromatic amines is 1. The fourth-order valence-corrected chi connectivity index (χ4v) is 5.58. The van der Waals surface area contributed by atoms with Gasteiger partial charge < -0.3 is 14.3 Å². The predicted octanol–water partition coefficient (Wildman–Crippen LogP) is 4.59. The first-order chi connectivity index (χ1) is 19.0. The maximum atomic E-state index is 13.6. The summed E-state index contributed by atoms with van der Waals surface area (Å²) >= 11 is 6.32. The number of furan rings is 1. The van der Waals surface area contributed by atoms with Crippen molar-refractivity contribution >= 4 is 28.2 Å². The minimum atomic E-state index is -0.434. The SMILES string of the molecule is CCc1ccc2[nH]c(=O)c([C@@H](c3nnnn3Cc3ccco3)N3CCN(c4cc(Cl)ccc4C)CC3)cc2c1. The van der Waals surface area contributed by atoms with Crippen molar-refractivity contribution in [3.8, 4) is 0 Å². The summed E-state index contributed by atoms with van der Waals surface area (Å²) in [5.74, 6) is 1.35. The summed E-state index contributed by atoms with van der Waals surface area (Å²) in [6.07, 6.45) is 2.55. The number of nitrogens with zero attached hydrogens (tertiary/aromatic N) is 6. The highest BCUT2D eigenvalue weighted by atomic mass is 35.5. The van der Waals surface area contributed by atoms with E-state index in [0.717, 1.165) is 60.0 Å². The van der Waals surface area contributed by atoms with Gasteiger partial charge in [0.25, 0.3) is 5.56 Å². The first kappa shape index (κ1) is 25.3. The zero-order valence-electron chi connectivity index (χ0n) is 22.0. The molecule has 0 radical (unpaired) electrons. The van der Waals surface area contributed by atoms with Gasteiger partial charge in [0.15, 0.2) is 5.82 Å². The number of aryl methyl sites for hydroxylation is 2. The van der Waals surface area contributed by atoms with Crippen molar-refractivity contribution in [3.63, 3.8) is 0 Å². The summed E-state index contributed by atoms with van der Waals surface area (Å²) in [5.41, 5.74) is 4.83. The number of H-pyrrole nitrogens is 1. The molecule has 1 fully saturated rings. The van der Waals surface area contributed by atoms with Crippen molar-refractivity contribution < 1.29 is 4.42 Å². The molecular weight excluding hydrogens is 514 g/mol. The molecule has 3 aromatic heterocycles. The van der Waals surface area contributed by atoms with Crippen LogP contribution >= 0.6 is 11.6 Å². The molecule has 4 heterocycles. The van der Waals surface area contributed by atoms with E-state index in [9.17, 15) is 4.79 Å². The van der Waals surface area contributed by atoms with E-state index in [0.29, 0.717) is 17.9 Å². The Morgan fingerprint density at radius 1 is 1.08 bits per heavy atom. The number of hydrogen-bond donors (Lipinski definition) is 1. The average Bonchev–Trinajstić information content (AvgIpc) is 3.63. The number of rotatable bonds is 7. The van der Waals surface area contributed by atoms with E-state index in [1.165, 1.54) is 11.1 Å². The van der Waals surface area contributed by atoms with Gasteiger partial charge >= 0.3 is 0 Å². The smallest absolute Gasteiger partial charge is 0.253 e. The van der Waals surface area contributed by atoms with E-state index >= 15 is 0 Å². The molecule has 6 rings (SSSR count). The van der Waals surface area contributed by atoms with Crippen LogP contribution in [0.2, 0.25) is 5.02 Å². The second-order valence-electron chi connectivity index (χ2n) is 9.96. The Balaban J connectivity index is 1.39. The zero-order chi connectivity index (χ0) is 26.9. The predicted molar refractivity (Wildman–Crippen MR) is 151 cm³/mol. The van der Waals surface area contributed by atoms with Gasteiger partial charge in [0.2, 0.25) is 0 Å². The van der Waals surface area contributed by atoms with Gasteiger partial charge in [-0.2, -0.15) is 0 Å². The first-order valence-electron chi connectivity index (χ1n) is 13.2. The highest BCUT2D eigenvalue weighted by Gasteiger charge is 2.33. The molecule has 9 nitrogen and oxygen atoms in total. The number of piperazine rings is 1. The second kappa shape index (κ2) is 10.7. The fraction of sp³-hybridized carbons (Fsp3) is 0.310. The van der Waals surface area contributed by atoms with E-state index < -0.39 is 6.04 Å². The maximum Gasteiger partial charge on any atom is 0.253 e. The molecule has 1 N–H and O–H groups in total. The van der Waals surface area contributed by atoms with E-state index in [4.69, 9.17) is 16.0 Å². The fourth-order valence-electron chi connectivity index (χ4n) is 5.41. The third-order valence-corrected chi connectivity index (χ3v) is 7.76. The Morgan fingerprint density at radius 2 is 1.92 bits per heavy atom. The monoisotopic (exact) mass is 543 g/mol. The summed E-state index contributed by atoms with van der Waals surface area (Å²) in [6, 6.07) is 17.4. The van der Waals surface area contributed by atoms with E-state index in [1.807, 2.05) is 36.4 Å². The van der Waals surface area contributed by atoms with Gasteiger partial charge in [-0.05, 0) is 82.7 Å². The first-order valence-corrected chi connectivity index (χ1v) is 13.6. The van der Waals surface area contributed by atoms with Crippen LogP contribution in [-0.4, -0.2) is 56.3 Å². The van der Waals surface area contributed by atoms with Crippen molar-refractivity contribution in [3.05, 3.63) is 105 Å². The van der Waals surface area contributed by atoms with Gasteiger partial charge in [-0.15, -0.1) is 5.10 Å². The number of fused-ring (bicyclic) bond motifs is 1. The van der Waals surface area contributed by atoms with Crippen molar-refractivity contribution in [2.75, 3.05) is 31.1 Å². The third kappa shape index (κ3) is 5.07. The number of nitrogens with one attached hydrogen (secondary N) is 1. The third-order valence-electron chi connectivity index (χ3n) is 7.52. The topological polar surface area (TPSA) is 96.1 Å². The lowest BCUT2D eigenvalue weighted by Crippen LogP contribution is -2.49. The number of benzene rings is 2. The molecule has 1 atom stereocenters. The average molecular weight is 544 g/mol. The quantitative estimate of drug-likeness (QED) is 0.321. The molecule has 5 aromatic rings. The van der Waals surface area contributed by atoms with Crippen LogP contribution in [0.5, 0.6) is 0 Å². The Kier molecular flexibility index (Phi) is 6.93. The molecule has 0 unspecified atom stereocenters. The molecule has 0 aliphatic carbocycles. The summed E-state index contributed by atoms with van der Waals surface area (Å²) < 4.78 is 7.29. The Bertz CT molecular complexity index is 1650. The summed E-state index contributed by atoms with van der Waals surface area (Å²) in [5, 5.41) is 14.4. The van der Waals surface area contributed by atoms with Gasteiger partial charge in [0, 0.05) is 48.0 Å². The second-order valence-corrected chi connectivity index (χ2v) is 10.4. The summed E-state index contributed by atoms with van der Waals surface area (Å²) in [4.78, 5) is 21.3. The van der Waals surface area contributed by atoms with Crippen LogP contribution in [0.15, 0.2) is 70.1 Å². The van der Waals surface area contributed by atoms with Gasteiger partial charge in [-0.1, -0.05) is 30.7 Å². The van der Waals surface area contributed by atoms with Gasteiger partial charge in [-0.25, -0.2) is 4.68 Å². The molecular formula is C29H30ClN7O2. The Labute approximate surface area is 231 Å². The zero-order valence-corrected chi connectivity index (χ0v) is 22.7. The van der Waals surface area contributed by atoms with Crippen molar-refractivity contribution in [1.82, 2.24) is 30.1 Å². The number of anilines is 1. The van der Waals surface area contributed by atoms with Crippen molar-refractivity contribution in [1.29, 1.82) is 0 Å². The Morgan fingerprint density at radius 3 is 2.69 bits per heavy atom. The number of halogens is 1. The molecule has 1 aliphatic heterocycles. The standard InChI is InChI=1S/C29H30ClN7O2/c1-3-20-7-9-25-21(15-20)16-24(29(38)31-25)27(28-32-33-34-37(28)18-23-5-4-14-39-23)36-12-10-35(11-13-36)26-17-22(30)8-6-19(26)2/h4-9,14-17,27H,3,10-13,18H2,1-2H3,(H,31,38)/t27-/m0/s1. The molecule has 0 saturated carbocycles. The lowest BCUT2D eigenvalue weighted by Gasteiger charge is -2.40. The Hall–Kier alpha value is -3.95. The van der Waals surface area contributed by atoms with Gasteiger partial charge in [0.05, 0.1) is 6.26 Å². The molecule has 2 aromatic carbocycles.